The van der Waals surface area contributed by atoms with E-state index in [9.17, 15) is 4.79 Å². The fraction of sp³-hybridized carbons (Fsp3) is 0.538. The van der Waals surface area contributed by atoms with Gasteiger partial charge in [-0.3, -0.25) is 4.79 Å². The molecule has 5 nitrogen and oxygen atoms in total. The van der Waals surface area contributed by atoms with E-state index in [1.54, 1.807) is 12.3 Å². The molecular weight excluding hydrogens is 308 g/mol. The number of carbonyl (C=O) groups is 1. The SMILES string of the molecule is CCN(CC)CCCNC(=O)c1cc(Br)cnc1N. The number of hydrogen-bond acceptors (Lipinski definition) is 4. The van der Waals surface area contributed by atoms with E-state index in [1.807, 2.05) is 0 Å². The molecule has 0 unspecified atom stereocenters. The van der Waals surface area contributed by atoms with Crippen molar-refractivity contribution >= 4 is 27.7 Å². The third-order valence-corrected chi connectivity index (χ3v) is 3.39. The van der Waals surface area contributed by atoms with Gasteiger partial charge in [-0.05, 0) is 48.1 Å². The highest BCUT2D eigenvalue weighted by atomic mass is 79.9. The van der Waals surface area contributed by atoms with Crippen LogP contribution >= 0.6 is 15.9 Å². The lowest BCUT2D eigenvalue weighted by molar-refractivity contribution is 0.0952. The molecule has 0 aliphatic heterocycles. The fourth-order valence-electron chi connectivity index (χ4n) is 1.77. The molecule has 3 N–H and O–H groups in total. The van der Waals surface area contributed by atoms with E-state index in [1.165, 1.54) is 0 Å². The molecule has 0 radical (unpaired) electrons. The Hall–Kier alpha value is -1.14. The van der Waals surface area contributed by atoms with E-state index in [-0.39, 0.29) is 11.7 Å². The van der Waals surface area contributed by atoms with Crippen molar-refractivity contribution in [1.82, 2.24) is 15.2 Å². The Morgan fingerprint density at radius 1 is 1.47 bits per heavy atom. The molecule has 1 aromatic heterocycles. The van der Waals surface area contributed by atoms with Gasteiger partial charge in [-0.25, -0.2) is 4.98 Å². The van der Waals surface area contributed by atoms with Crippen LogP contribution in [0.25, 0.3) is 0 Å². The van der Waals surface area contributed by atoms with Gasteiger partial charge in [-0.1, -0.05) is 13.8 Å². The average Bonchev–Trinajstić information content (AvgIpc) is 2.41. The lowest BCUT2D eigenvalue weighted by Crippen LogP contribution is -2.30. The van der Waals surface area contributed by atoms with Gasteiger partial charge < -0.3 is 16.0 Å². The number of nitrogens with one attached hydrogen (secondary N) is 1. The van der Waals surface area contributed by atoms with Crippen LogP contribution in [-0.4, -0.2) is 42.0 Å². The van der Waals surface area contributed by atoms with Crippen molar-refractivity contribution in [2.75, 3.05) is 31.9 Å². The molecule has 1 rings (SSSR count). The zero-order chi connectivity index (χ0) is 14.3. The minimum Gasteiger partial charge on any atom is -0.383 e. The van der Waals surface area contributed by atoms with Gasteiger partial charge in [0.15, 0.2) is 0 Å². The van der Waals surface area contributed by atoms with Crippen molar-refractivity contribution in [2.24, 2.45) is 0 Å². The number of nitrogens with two attached hydrogens (primary N) is 1. The lowest BCUT2D eigenvalue weighted by Gasteiger charge is -2.17. The van der Waals surface area contributed by atoms with Crippen molar-refractivity contribution in [3.63, 3.8) is 0 Å². The maximum Gasteiger partial charge on any atom is 0.255 e. The van der Waals surface area contributed by atoms with E-state index in [0.717, 1.165) is 30.5 Å². The number of nitrogen functional groups attached to an aromatic ring is 1. The second-order valence-electron chi connectivity index (χ2n) is 4.22. The molecule has 0 aliphatic rings. The van der Waals surface area contributed by atoms with Gasteiger partial charge in [0.25, 0.3) is 5.91 Å². The largest absolute Gasteiger partial charge is 0.383 e. The van der Waals surface area contributed by atoms with Gasteiger partial charge in [0.05, 0.1) is 5.56 Å². The molecule has 1 aromatic rings. The van der Waals surface area contributed by atoms with Gasteiger partial charge in [0.1, 0.15) is 5.82 Å². The summed E-state index contributed by atoms with van der Waals surface area (Å²) in [5.41, 5.74) is 6.10. The first-order valence-corrected chi connectivity index (χ1v) is 7.29. The lowest BCUT2D eigenvalue weighted by atomic mass is 10.2. The number of amides is 1. The topological polar surface area (TPSA) is 71.2 Å². The van der Waals surface area contributed by atoms with Crippen LogP contribution in [0.3, 0.4) is 0 Å². The first-order chi connectivity index (χ1) is 9.08. The summed E-state index contributed by atoms with van der Waals surface area (Å²) in [6.07, 6.45) is 2.50. The number of aromatic nitrogens is 1. The number of anilines is 1. The Bertz CT molecular complexity index is 421. The average molecular weight is 329 g/mol. The third-order valence-electron chi connectivity index (χ3n) is 2.96. The van der Waals surface area contributed by atoms with Crippen LogP contribution < -0.4 is 11.1 Å². The van der Waals surface area contributed by atoms with Crippen LogP contribution in [0, 0.1) is 0 Å². The molecule has 0 aromatic carbocycles. The number of halogens is 1. The second kappa shape index (κ2) is 8.12. The van der Waals surface area contributed by atoms with Crippen LogP contribution in [0.1, 0.15) is 30.6 Å². The predicted molar refractivity (Wildman–Crippen MR) is 81.1 cm³/mol. The Kier molecular flexibility index (Phi) is 6.80. The highest BCUT2D eigenvalue weighted by molar-refractivity contribution is 9.10. The van der Waals surface area contributed by atoms with E-state index in [2.05, 4.69) is 45.0 Å². The van der Waals surface area contributed by atoms with Crippen LogP contribution in [0.5, 0.6) is 0 Å². The quantitative estimate of drug-likeness (QED) is 0.750. The van der Waals surface area contributed by atoms with E-state index in [4.69, 9.17) is 5.73 Å². The smallest absolute Gasteiger partial charge is 0.255 e. The Labute approximate surface area is 122 Å². The first-order valence-electron chi connectivity index (χ1n) is 6.50. The first kappa shape index (κ1) is 15.9. The van der Waals surface area contributed by atoms with E-state index in [0.29, 0.717) is 12.1 Å². The van der Waals surface area contributed by atoms with Gasteiger partial charge in [-0.15, -0.1) is 0 Å². The van der Waals surface area contributed by atoms with Crippen LogP contribution in [-0.2, 0) is 0 Å². The summed E-state index contributed by atoms with van der Waals surface area (Å²) in [7, 11) is 0. The second-order valence-corrected chi connectivity index (χ2v) is 5.14. The number of carbonyl (C=O) groups excluding carboxylic acids is 1. The molecule has 0 saturated heterocycles. The van der Waals surface area contributed by atoms with Crippen LogP contribution in [0.4, 0.5) is 5.82 Å². The van der Waals surface area contributed by atoms with Crippen molar-refractivity contribution in [3.8, 4) is 0 Å². The molecule has 0 spiro atoms. The Morgan fingerprint density at radius 3 is 2.79 bits per heavy atom. The minimum absolute atomic E-state index is 0.175. The zero-order valence-electron chi connectivity index (χ0n) is 11.4. The standard InChI is InChI=1S/C13H21BrN4O/c1-3-18(4-2)7-5-6-16-13(19)11-8-10(14)9-17-12(11)15/h8-9H,3-7H2,1-2H3,(H2,15,17)(H,16,19). The van der Waals surface area contributed by atoms with Gasteiger partial charge >= 0.3 is 0 Å². The molecule has 0 aliphatic carbocycles. The van der Waals surface area contributed by atoms with Gasteiger partial charge in [0.2, 0.25) is 0 Å². The summed E-state index contributed by atoms with van der Waals surface area (Å²) in [6.45, 7) is 7.96. The van der Waals surface area contributed by atoms with Crippen LogP contribution in [0.2, 0.25) is 0 Å². The Morgan fingerprint density at radius 2 is 2.16 bits per heavy atom. The zero-order valence-corrected chi connectivity index (χ0v) is 13.0. The summed E-state index contributed by atoms with van der Waals surface area (Å²) >= 11 is 3.28. The molecule has 6 heteroatoms. The summed E-state index contributed by atoms with van der Waals surface area (Å²) in [5.74, 6) is 0.0790. The number of hydrogen-bond donors (Lipinski definition) is 2. The maximum absolute atomic E-state index is 11.9. The Balaban J connectivity index is 2.41. The molecule has 1 heterocycles. The number of rotatable bonds is 7. The van der Waals surface area contributed by atoms with E-state index < -0.39 is 0 Å². The highest BCUT2D eigenvalue weighted by Gasteiger charge is 2.10. The summed E-state index contributed by atoms with van der Waals surface area (Å²) in [6, 6.07) is 1.68. The van der Waals surface area contributed by atoms with Crippen molar-refractivity contribution < 1.29 is 4.79 Å². The third kappa shape index (κ3) is 5.16. The molecular formula is C13H21BrN4O. The number of pyridine rings is 1. The fourth-order valence-corrected chi connectivity index (χ4v) is 2.10. The summed E-state index contributed by atoms with van der Waals surface area (Å²) in [5, 5.41) is 2.86. The number of nitrogens with zero attached hydrogens (tertiary/aromatic N) is 2. The molecule has 106 valence electrons. The summed E-state index contributed by atoms with van der Waals surface area (Å²) < 4.78 is 0.745. The normalized spacial score (nSPS) is 10.7. The maximum atomic E-state index is 11.9. The molecule has 0 atom stereocenters. The van der Waals surface area contributed by atoms with Crippen molar-refractivity contribution in [3.05, 3.63) is 22.3 Å². The van der Waals surface area contributed by atoms with Crippen molar-refractivity contribution in [2.45, 2.75) is 20.3 Å². The van der Waals surface area contributed by atoms with Crippen LogP contribution in [0.15, 0.2) is 16.7 Å². The predicted octanol–water partition coefficient (Wildman–Crippen LogP) is 1.89. The summed E-state index contributed by atoms with van der Waals surface area (Å²) in [4.78, 5) is 18.2. The molecule has 19 heavy (non-hydrogen) atoms. The van der Waals surface area contributed by atoms with Gasteiger partial charge in [0, 0.05) is 17.2 Å². The highest BCUT2D eigenvalue weighted by Crippen LogP contribution is 2.15. The molecule has 0 saturated carbocycles. The van der Waals surface area contributed by atoms with Crippen molar-refractivity contribution in [1.29, 1.82) is 0 Å². The molecule has 1 amide bonds. The van der Waals surface area contributed by atoms with Gasteiger partial charge in [-0.2, -0.15) is 0 Å². The molecule has 0 fully saturated rings. The van der Waals surface area contributed by atoms with E-state index >= 15 is 0 Å². The molecule has 0 bridgehead atoms. The monoisotopic (exact) mass is 328 g/mol. The minimum atomic E-state index is -0.175.